The van der Waals surface area contributed by atoms with E-state index in [2.05, 4.69) is 35.3 Å². The van der Waals surface area contributed by atoms with E-state index in [1.807, 2.05) is 18.2 Å². The first-order valence-corrected chi connectivity index (χ1v) is 7.96. The third kappa shape index (κ3) is 4.30. The minimum atomic E-state index is 0. The van der Waals surface area contributed by atoms with Crippen LogP contribution in [0, 0.1) is 0 Å². The maximum absolute atomic E-state index is 10.1. The number of phenols is 1. The Morgan fingerprint density at radius 1 is 1.04 bits per heavy atom. The Morgan fingerprint density at radius 3 is 2.35 bits per heavy atom. The number of halogens is 2. The average Bonchev–Trinajstić information content (AvgIpc) is 2.55. The highest BCUT2D eigenvalue weighted by molar-refractivity contribution is 5.91. The molecule has 0 amide bonds. The Kier molecular flexibility index (Phi) is 8.13. The summed E-state index contributed by atoms with van der Waals surface area (Å²) in [7, 11) is 0. The lowest BCUT2D eigenvalue weighted by Gasteiger charge is -2.35. The number of piperazine rings is 1. The summed E-state index contributed by atoms with van der Waals surface area (Å²) in [6, 6.07) is 12.6. The smallest absolute Gasteiger partial charge is 0.123 e. The number of nitrogens with zero attached hydrogens (tertiary/aromatic N) is 1. The number of benzene rings is 2. The highest BCUT2D eigenvalue weighted by atomic mass is 35.5. The van der Waals surface area contributed by atoms with Crippen LogP contribution in [0.15, 0.2) is 36.4 Å². The summed E-state index contributed by atoms with van der Waals surface area (Å²) in [5, 5.41) is 15.7. The molecule has 0 aliphatic carbocycles. The van der Waals surface area contributed by atoms with Crippen LogP contribution >= 0.6 is 24.8 Å². The van der Waals surface area contributed by atoms with Gasteiger partial charge < -0.3 is 10.4 Å². The maximum atomic E-state index is 10.1. The van der Waals surface area contributed by atoms with Crippen LogP contribution in [0.1, 0.15) is 31.4 Å². The van der Waals surface area contributed by atoms with Gasteiger partial charge in [-0.15, -0.1) is 24.8 Å². The molecule has 1 saturated heterocycles. The summed E-state index contributed by atoms with van der Waals surface area (Å²) in [6.07, 6.45) is 2.33. The van der Waals surface area contributed by atoms with Gasteiger partial charge in [-0.3, -0.25) is 4.90 Å². The van der Waals surface area contributed by atoms with Crippen molar-refractivity contribution >= 4 is 35.6 Å². The molecule has 1 aliphatic rings. The lowest BCUT2D eigenvalue weighted by Crippen LogP contribution is -2.45. The van der Waals surface area contributed by atoms with Gasteiger partial charge in [0.15, 0.2) is 0 Å². The molecule has 3 rings (SSSR count). The van der Waals surface area contributed by atoms with Crippen molar-refractivity contribution in [3.05, 3.63) is 42.0 Å². The normalized spacial score (nSPS) is 16.4. The average molecular weight is 357 g/mol. The van der Waals surface area contributed by atoms with Crippen LogP contribution in [0.3, 0.4) is 0 Å². The number of hydrogen-bond acceptors (Lipinski definition) is 3. The molecule has 0 bridgehead atoms. The fraction of sp³-hybridized carbons (Fsp3) is 0.444. The van der Waals surface area contributed by atoms with Gasteiger partial charge in [-0.2, -0.15) is 0 Å². The van der Waals surface area contributed by atoms with Gasteiger partial charge >= 0.3 is 0 Å². The predicted octanol–water partition coefficient (Wildman–Crippen LogP) is 4.14. The first kappa shape index (κ1) is 20.0. The van der Waals surface area contributed by atoms with E-state index in [1.165, 1.54) is 17.4 Å². The van der Waals surface area contributed by atoms with E-state index in [0.717, 1.165) is 38.0 Å². The first-order chi connectivity index (χ1) is 10.3. The van der Waals surface area contributed by atoms with Gasteiger partial charge in [0, 0.05) is 37.6 Å². The largest absolute Gasteiger partial charge is 0.507 e. The summed E-state index contributed by atoms with van der Waals surface area (Å²) in [5.74, 6) is 0.380. The van der Waals surface area contributed by atoms with E-state index in [-0.39, 0.29) is 24.8 Å². The molecule has 0 saturated carbocycles. The summed E-state index contributed by atoms with van der Waals surface area (Å²) in [4.78, 5) is 2.58. The van der Waals surface area contributed by atoms with Crippen LogP contribution in [-0.4, -0.2) is 36.2 Å². The Balaban J connectivity index is 0.00000132. The zero-order valence-corrected chi connectivity index (χ0v) is 15.1. The van der Waals surface area contributed by atoms with Gasteiger partial charge in [-0.25, -0.2) is 0 Å². The molecule has 2 aromatic rings. The lowest BCUT2D eigenvalue weighted by atomic mass is 9.94. The number of aromatic hydroxyl groups is 1. The Morgan fingerprint density at radius 2 is 1.70 bits per heavy atom. The standard InChI is InChI=1S/C18H24N2O.2ClH/c1-2-5-17(20-12-10-19-11-13-20)15-8-9-18(21)16-7-4-3-6-14(15)16;;/h3-4,6-9,17,19,21H,2,5,10-13H2,1H3;2*1H/t17-;;/m1../s1. The Bertz CT molecular complexity index is 615. The SMILES string of the molecule is CCC[C@H](c1ccc(O)c2ccccc12)N1CCNCC1.Cl.Cl. The van der Waals surface area contributed by atoms with E-state index >= 15 is 0 Å². The van der Waals surface area contributed by atoms with E-state index in [1.54, 1.807) is 0 Å². The Labute approximate surface area is 150 Å². The van der Waals surface area contributed by atoms with Crippen molar-refractivity contribution in [3.63, 3.8) is 0 Å². The van der Waals surface area contributed by atoms with Crippen LogP contribution < -0.4 is 5.32 Å². The number of fused-ring (bicyclic) bond motifs is 1. The molecule has 0 spiro atoms. The van der Waals surface area contributed by atoms with Crippen LogP contribution in [0.25, 0.3) is 10.8 Å². The highest BCUT2D eigenvalue weighted by Crippen LogP contribution is 2.35. The van der Waals surface area contributed by atoms with E-state index < -0.39 is 0 Å². The topological polar surface area (TPSA) is 35.5 Å². The molecule has 3 nitrogen and oxygen atoms in total. The van der Waals surface area contributed by atoms with Gasteiger partial charge in [-0.1, -0.05) is 43.7 Å². The highest BCUT2D eigenvalue weighted by Gasteiger charge is 2.23. The molecule has 1 atom stereocenters. The molecule has 23 heavy (non-hydrogen) atoms. The van der Waals surface area contributed by atoms with Gasteiger partial charge in [0.05, 0.1) is 0 Å². The molecule has 0 radical (unpaired) electrons. The lowest BCUT2D eigenvalue weighted by molar-refractivity contribution is 0.165. The minimum Gasteiger partial charge on any atom is -0.507 e. The molecular formula is C18H26Cl2N2O. The van der Waals surface area contributed by atoms with E-state index in [0.29, 0.717) is 11.8 Å². The van der Waals surface area contributed by atoms with Crippen molar-refractivity contribution in [2.45, 2.75) is 25.8 Å². The van der Waals surface area contributed by atoms with Gasteiger partial charge in [0.25, 0.3) is 0 Å². The van der Waals surface area contributed by atoms with Gasteiger partial charge in [0.2, 0.25) is 0 Å². The van der Waals surface area contributed by atoms with Crippen molar-refractivity contribution in [3.8, 4) is 5.75 Å². The fourth-order valence-electron chi connectivity index (χ4n) is 3.40. The van der Waals surface area contributed by atoms with Crippen molar-refractivity contribution < 1.29 is 5.11 Å². The third-order valence-electron chi connectivity index (χ3n) is 4.45. The second-order valence-electron chi connectivity index (χ2n) is 5.81. The van der Waals surface area contributed by atoms with Crippen molar-refractivity contribution in [1.82, 2.24) is 10.2 Å². The molecule has 2 N–H and O–H groups in total. The summed E-state index contributed by atoms with van der Waals surface area (Å²) in [5.41, 5.74) is 1.35. The summed E-state index contributed by atoms with van der Waals surface area (Å²) < 4.78 is 0. The monoisotopic (exact) mass is 356 g/mol. The van der Waals surface area contributed by atoms with E-state index in [9.17, 15) is 5.11 Å². The summed E-state index contributed by atoms with van der Waals surface area (Å²) in [6.45, 7) is 6.57. The summed E-state index contributed by atoms with van der Waals surface area (Å²) >= 11 is 0. The quantitative estimate of drug-likeness (QED) is 0.864. The predicted molar refractivity (Wildman–Crippen MR) is 102 cm³/mol. The molecule has 128 valence electrons. The zero-order valence-electron chi connectivity index (χ0n) is 13.5. The second kappa shape index (κ2) is 9.33. The van der Waals surface area contributed by atoms with Crippen LogP contribution in [-0.2, 0) is 0 Å². The van der Waals surface area contributed by atoms with Crippen LogP contribution in [0.4, 0.5) is 0 Å². The van der Waals surface area contributed by atoms with Crippen molar-refractivity contribution in [2.24, 2.45) is 0 Å². The van der Waals surface area contributed by atoms with Crippen LogP contribution in [0.2, 0.25) is 0 Å². The zero-order chi connectivity index (χ0) is 14.7. The number of rotatable bonds is 4. The van der Waals surface area contributed by atoms with E-state index in [4.69, 9.17) is 0 Å². The van der Waals surface area contributed by atoms with Crippen LogP contribution in [0.5, 0.6) is 5.75 Å². The first-order valence-electron chi connectivity index (χ1n) is 7.96. The van der Waals surface area contributed by atoms with Crippen molar-refractivity contribution in [2.75, 3.05) is 26.2 Å². The number of phenolic OH excluding ortho intramolecular Hbond substituents is 1. The van der Waals surface area contributed by atoms with Gasteiger partial charge in [-0.05, 0) is 23.4 Å². The van der Waals surface area contributed by atoms with Crippen molar-refractivity contribution in [1.29, 1.82) is 0 Å². The van der Waals surface area contributed by atoms with Gasteiger partial charge in [0.1, 0.15) is 5.75 Å². The third-order valence-corrected chi connectivity index (χ3v) is 4.45. The number of nitrogens with one attached hydrogen (secondary N) is 1. The molecule has 1 fully saturated rings. The molecule has 1 heterocycles. The molecule has 1 aliphatic heterocycles. The molecule has 5 heteroatoms. The second-order valence-corrected chi connectivity index (χ2v) is 5.81. The molecular weight excluding hydrogens is 331 g/mol. The maximum Gasteiger partial charge on any atom is 0.123 e. The molecule has 2 aromatic carbocycles. The Hall–Kier alpha value is -1.000. The minimum absolute atomic E-state index is 0. The fourth-order valence-corrected chi connectivity index (χ4v) is 3.40. The molecule has 0 aromatic heterocycles. The number of hydrogen-bond donors (Lipinski definition) is 2. The molecule has 0 unspecified atom stereocenters.